The van der Waals surface area contributed by atoms with Gasteiger partial charge in [0.15, 0.2) is 0 Å². The molecule has 2 aliphatic rings. The monoisotopic (exact) mass is 526 g/mol. The number of benzene rings is 2. The normalized spacial score (nSPS) is 18.8. The number of amides is 2. The van der Waals surface area contributed by atoms with E-state index in [1.165, 1.54) is 60.1 Å². The summed E-state index contributed by atoms with van der Waals surface area (Å²) < 4.78 is 0. The summed E-state index contributed by atoms with van der Waals surface area (Å²) in [4.78, 5) is 32.8. The molecule has 2 N–H and O–H groups in total. The van der Waals surface area contributed by atoms with Gasteiger partial charge in [0.2, 0.25) is 0 Å². The first kappa shape index (κ1) is 27.0. The molecule has 2 unspecified atom stereocenters. The minimum atomic E-state index is -0.0573. The molecule has 2 fully saturated rings. The second-order valence-electron chi connectivity index (χ2n) is 9.65. The molecule has 0 bridgehead atoms. The summed E-state index contributed by atoms with van der Waals surface area (Å²) in [7, 11) is 3.04. The summed E-state index contributed by atoms with van der Waals surface area (Å²) in [6, 6.07) is 15.4. The van der Waals surface area contributed by atoms with Crippen molar-refractivity contribution in [1.29, 1.82) is 0 Å². The molecule has 0 aromatic heterocycles. The number of rotatable bonds is 9. The first-order valence-electron chi connectivity index (χ1n) is 13.2. The van der Waals surface area contributed by atoms with Gasteiger partial charge in [-0.2, -0.15) is 0 Å². The Morgan fingerprint density at radius 3 is 1.39 bits per heavy atom. The van der Waals surface area contributed by atoms with Crippen LogP contribution in [0.1, 0.15) is 73.1 Å². The number of likely N-dealkylation sites (tertiary alicyclic amines) is 2. The van der Waals surface area contributed by atoms with E-state index < -0.39 is 0 Å². The summed E-state index contributed by atoms with van der Waals surface area (Å²) >= 11 is 0. The molecule has 2 atom stereocenters. The number of hydrogen-bond donors (Lipinski definition) is 2. The van der Waals surface area contributed by atoms with Gasteiger partial charge < -0.3 is 10.6 Å². The number of piperidine rings is 2. The lowest BCUT2D eigenvalue weighted by Crippen LogP contribution is -2.48. The van der Waals surface area contributed by atoms with Crippen molar-refractivity contribution in [3.05, 3.63) is 59.7 Å². The van der Waals surface area contributed by atoms with Crippen LogP contribution in [0.5, 0.6) is 0 Å². The summed E-state index contributed by atoms with van der Waals surface area (Å²) in [6.07, 6.45) is 7.31. The van der Waals surface area contributed by atoms with E-state index >= 15 is 0 Å². The van der Waals surface area contributed by atoms with E-state index in [2.05, 4.69) is 34.3 Å². The number of hydrogen-bond acceptors (Lipinski definition) is 6. The molecule has 2 aliphatic heterocycles. The molecule has 0 radical (unpaired) electrons. The van der Waals surface area contributed by atoms with Gasteiger partial charge in [-0.15, -0.1) is 0 Å². The molecule has 4 rings (SSSR count). The van der Waals surface area contributed by atoms with E-state index in [9.17, 15) is 9.59 Å². The topological polar surface area (TPSA) is 64.7 Å². The average molecular weight is 527 g/mol. The summed E-state index contributed by atoms with van der Waals surface area (Å²) in [5.74, 6) is -0.115. The van der Waals surface area contributed by atoms with Gasteiger partial charge in [-0.1, -0.05) is 58.7 Å². The third-order valence-corrected chi connectivity index (χ3v) is 9.52. The Labute approximate surface area is 223 Å². The van der Waals surface area contributed by atoms with Gasteiger partial charge in [-0.25, -0.2) is 0 Å². The van der Waals surface area contributed by atoms with E-state index in [1.54, 1.807) is 0 Å². The maximum Gasteiger partial charge on any atom is 0.253 e. The number of carbonyl (C=O) groups excluding carboxylic acids is 2. The van der Waals surface area contributed by atoms with Crippen LogP contribution < -0.4 is 10.6 Å². The van der Waals surface area contributed by atoms with Crippen molar-refractivity contribution in [3.63, 3.8) is 0 Å². The highest BCUT2D eigenvalue weighted by Gasteiger charge is 2.22. The van der Waals surface area contributed by atoms with Gasteiger partial charge in [0.1, 0.15) is 0 Å². The molecule has 2 aromatic carbocycles. The van der Waals surface area contributed by atoms with E-state index in [-0.39, 0.29) is 24.1 Å². The first-order chi connectivity index (χ1) is 17.5. The predicted octanol–water partition coefficient (Wildman–Crippen LogP) is 5.61. The fraction of sp³-hybridized carbons (Fsp3) is 0.500. The maximum absolute atomic E-state index is 13.1. The van der Waals surface area contributed by atoms with Crippen molar-refractivity contribution in [1.82, 2.24) is 20.4 Å². The van der Waals surface area contributed by atoms with Crippen LogP contribution in [0, 0.1) is 0 Å². The predicted molar refractivity (Wildman–Crippen MR) is 149 cm³/mol. The van der Waals surface area contributed by atoms with E-state index in [0.29, 0.717) is 11.1 Å². The van der Waals surface area contributed by atoms with Crippen LogP contribution in [0.15, 0.2) is 58.3 Å². The van der Waals surface area contributed by atoms with Crippen molar-refractivity contribution < 1.29 is 9.59 Å². The molecule has 2 saturated heterocycles. The van der Waals surface area contributed by atoms with Crippen LogP contribution in [0.2, 0.25) is 0 Å². The maximum atomic E-state index is 13.1. The Kier molecular flexibility index (Phi) is 10.2. The molecule has 36 heavy (non-hydrogen) atoms. The summed E-state index contributed by atoms with van der Waals surface area (Å²) in [5.41, 5.74) is 1.33. The molecular weight excluding hydrogens is 488 g/mol. The van der Waals surface area contributed by atoms with Crippen molar-refractivity contribution >= 4 is 33.4 Å². The molecule has 194 valence electrons. The lowest BCUT2D eigenvalue weighted by atomic mass is 10.1. The van der Waals surface area contributed by atoms with Crippen molar-refractivity contribution in [2.45, 2.75) is 74.5 Å². The van der Waals surface area contributed by atoms with E-state index in [0.717, 1.165) is 36.0 Å². The van der Waals surface area contributed by atoms with Crippen LogP contribution in [0.25, 0.3) is 0 Å². The van der Waals surface area contributed by atoms with Gasteiger partial charge in [-0.3, -0.25) is 19.4 Å². The third-order valence-electron chi connectivity index (χ3n) is 7.04. The van der Waals surface area contributed by atoms with Gasteiger partial charge in [-0.05, 0) is 63.8 Å². The highest BCUT2D eigenvalue weighted by atomic mass is 33.1. The van der Waals surface area contributed by atoms with Crippen molar-refractivity contribution in [2.75, 3.05) is 26.2 Å². The minimum absolute atomic E-state index is 0.00910. The van der Waals surface area contributed by atoms with E-state index in [1.807, 2.05) is 48.5 Å². The third kappa shape index (κ3) is 7.28. The van der Waals surface area contributed by atoms with Crippen LogP contribution in [-0.2, 0) is 0 Å². The SMILES string of the molecule is CC(NC(=O)c1ccccc1SSc1ccccc1C(=O)NC(C)N1CCCCC1)N1CCCCC1. The zero-order chi connectivity index (χ0) is 25.3. The average Bonchev–Trinajstić information content (AvgIpc) is 2.93. The fourth-order valence-electron chi connectivity index (χ4n) is 4.87. The molecular formula is C28H38N4O2S2. The number of carbonyl (C=O) groups is 2. The highest BCUT2D eigenvalue weighted by molar-refractivity contribution is 8.76. The van der Waals surface area contributed by atoms with Crippen LogP contribution in [0.3, 0.4) is 0 Å². The zero-order valence-corrected chi connectivity index (χ0v) is 23.0. The minimum Gasteiger partial charge on any atom is -0.337 e. The molecule has 0 spiro atoms. The van der Waals surface area contributed by atoms with Crippen LogP contribution >= 0.6 is 21.6 Å². The summed E-state index contributed by atoms with van der Waals surface area (Å²) in [5, 5.41) is 6.36. The van der Waals surface area contributed by atoms with Gasteiger partial charge >= 0.3 is 0 Å². The smallest absolute Gasteiger partial charge is 0.253 e. The second-order valence-corrected chi connectivity index (χ2v) is 11.9. The molecule has 2 aromatic rings. The van der Waals surface area contributed by atoms with Crippen molar-refractivity contribution in [2.24, 2.45) is 0 Å². The second kappa shape index (κ2) is 13.5. The molecule has 0 saturated carbocycles. The molecule has 8 heteroatoms. The molecule has 6 nitrogen and oxygen atoms in total. The Morgan fingerprint density at radius 2 is 1.00 bits per heavy atom. The quantitative estimate of drug-likeness (QED) is 0.414. The Hall–Kier alpha value is -2.00. The summed E-state index contributed by atoms with van der Waals surface area (Å²) in [6.45, 7) is 8.25. The van der Waals surface area contributed by atoms with Crippen molar-refractivity contribution in [3.8, 4) is 0 Å². The lowest BCUT2D eigenvalue weighted by molar-refractivity contribution is 0.0828. The molecule has 2 amide bonds. The zero-order valence-electron chi connectivity index (χ0n) is 21.4. The standard InChI is InChI=1S/C28H38N4O2S2/c1-21(31-17-9-3-10-18-31)29-27(33)23-13-5-7-15-25(23)35-36-26-16-8-6-14-24(26)28(34)30-22(2)32-19-11-4-12-20-32/h5-8,13-16,21-22H,3-4,9-12,17-20H2,1-2H3,(H,29,33)(H,30,34). The van der Waals surface area contributed by atoms with Gasteiger partial charge in [0, 0.05) is 36.0 Å². The van der Waals surface area contributed by atoms with E-state index in [4.69, 9.17) is 0 Å². The number of nitrogens with one attached hydrogen (secondary N) is 2. The highest BCUT2D eigenvalue weighted by Crippen LogP contribution is 2.40. The number of nitrogens with zero attached hydrogens (tertiary/aromatic N) is 2. The lowest BCUT2D eigenvalue weighted by Gasteiger charge is -2.32. The van der Waals surface area contributed by atoms with Gasteiger partial charge in [0.05, 0.1) is 23.5 Å². The Bertz CT molecular complexity index is 941. The first-order valence-corrected chi connectivity index (χ1v) is 15.3. The molecule has 0 aliphatic carbocycles. The fourth-order valence-corrected chi connectivity index (χ4v) is 7.23. The molecule has 2 heterocycles. The van der Waals surface area contributed by atoms with Crippen LogP contribution in [0.4, 0.5) is 0 Å². The Balaban J connectivity index is 1.39. The largest absolute Gasteiger partial charge is 0.337 e. The Morgan fingerprint density at radius 1 is 0.639 bits per heavy atom. The van der Waals surface area contributed by atoms with Gasteiger partial charge in [0.25, 0.3) is 11.8 Å². The van der Waals surface area contributed by atoms with Crippen LogP contribution in [-0.4, -0.2) is 60.1 Å².